The fourth-order valence-corrected chi connectivity index (χ4v) is 2.02. The van der Waals surface area contributed by atoms with E-state index in [9.17, 15) is 9.18 Å². The zero-order valence-electron chi connectivity index (χ0n) is 8.51. The van der Waals surface area contributed by atoms with E-state index in [-0.39, 0.29) is 11.7 Å². The van der Waals surface area contributed by atoms with Crippen LogP contribution in [0.25, 0.3) is 0 Å². The molecular formula is C11H13FN2O. The van der Waals surface area contributed by atoms with Gasteiger partial charge in [0.15, 0.2) is 0 Å². The Morgan fingerprint density at radius 3 is 2.93 bits per heavy atom. The molecule has 3 N–H and O–H groups in total. The molecule has 2 rings (SSSR count). The average molecular weight is 208 g/mol. The minimum absolute atomic E-state index is 0.173. The third-order valence-corrected chi connectivity index (χ3v) is 2.99. The molecule has 0 saturated heterocycles. The van der Waals surface area contributed by atoms with Crippen molar-refractivity contribution >= 4 is 11.6 Å². The molecule has 1 amide bonds. The Kier molecular flexibility index (Phi) is 2.23. The first-order chi connectivity index (χ1) is 7.09. The van der Waals surface area contributed by atoms with Crippen molar-refractivity contribution in [3.05, 3.63) is 29.6 Å². The second-order valence-electron chi connectivity index (χ2n) is 3.99. The Morgan fingerprint density at radius 1 is 1.53 bits per heavy atom. The molecule has 1 heterocycles. The van der Waals surface area contributed by atoms with Crippen LogP contribution < -0.4 is 11.1 Å². The van der Waals surface area contributed by atoms with Gasteiger partial charge in [-0.3, -0.25) is 4.79 Å². The summed E-state index contributed by atoms with van der Waals surface area (Å²) in [6.45, 7) is 2.19. The fraction of sp³-hybridized carbons (Fsp3) is 0.364. The molecule has 15 heavy (non-hydrogen) atoms. The van der Waals surface area contributed by atoms with Gasteiger partial charge >= 0.3 is 0 Å². The SMILES string of the molecule is CC1(CCN)C(=O)Nc2c(F)cccc21. The van der Waals surface area contributed by atoms with Crippen molar-refractivity contribution in [2.45, 2.75) is 18.8 Å². The lowest BCUT2D eigenvalue weighted by atomic mass is 9.81. The van der Waals surface area contributed by atoms with Crippen LogP contribution in [0.2, 0.25) is 0 Å². The van der Waals surface area contributed by atoms with Gasteiger partial charge in [-0.1, -0.05) is 12.1 Å². The van der Waals surface area contributed by atoms with Gasteiger partial charge in [0.2, 0.25) is 5.91 Å². The van der Waals surface area contributed by atoms with Crippen LogP contribution in [0.3, 0.4) is 0 Å². The van der Waals surface area contributed by atoms with Gasteiger partial charge in [0.05, 0.1) is 11.1 Å². The highest BCUT2D eigenvalue weighted by Crippen LogP contribution is 2.40. The summed E-state index contributed by atoms with van der Waals surface area (Å²) in [7, 11) is 0. The van der Waals surface area contributed by atoms with Crippen molar-refractivity contribution in [1.29, 1.82) is 0 Å². The Hall–Kier alpha value is -1.42. The van der Waals surface area contributed by atoms with Gasteiger partial charge in [0, 0.05) is 0 Å². The maximum absolute atomic E-state index is 13.4. The van der Waals surface area contributed by atoms with Gasteiger partial charge < -0.3 is 11.1 Å². The lowest BCUT2D eigenvalue weighted by Crippen LogP contribution is -2.33. The molecule has 1 aliphatic heterocycles. The maximum Gasteiger partial charge on any atom is 0.234 e. The third kappa shape index (κ3) is 1.33. The molecule has 1 aromatic rings. The number of amides is 1. The minimum atomic E-state index is -0.688. The maximum atomic E-state index is 13.4. The molecular weight excluding hydrogens is 195 g/mol. The number of benzene rings is 1. The minimum Gasteiger partial charge on any atom is -0.330 e. The number of hydrogen-bond acceptors (Lipinski definition) is 2. The summed E-state index contributed by atoms with van der Waals surface area (Å²) in [4.78, 5) is 11.8. The molecule has 1 atom stereocenters. The lowest BCUT2D eigenvalue weighted by molar-refractivity contribution is -0.120. The highest BCUT2D eigenvalue weighted by atomic mass is 19.1. The van der Waals surface area contributed by atoms with Crippen LogP contribution >= 0.6 is 0 Å². The molecule has 0 saturated carbocycles. The van der Waals surface area contributed by atoms with Crippen molar-refractivity contribution in [2.75, 3.05) is 11.9 Å². The second-order valence-corrected chi connectivity index (χ2v) is 3.99. The summed E-state index contributed by atoms with van der Waals surface area (Å²) in [5.74, 6) is -0.561. The highest BCUT2D eigenvalue weighted by molar-refractivity contribution is 6.06. The van der Waals surface area contributed by atoms with E-state index in [1.165, 1.54) is 6.07 Å². The van der Waals surface area contributed by atoms with Gasteiger partial charge in [-0.15, -0.1) is 0 Å². The van der Waals surface area contributed by atoms with Crippen LogP contribution in [-0.4, -0.2) is 12.5 Å². The molecule has 80 valence electrons. The smallest absolute Gasteiger partial charge is 0.234 e. The van der Waals surface area contributed by atoms with Gasteiger partial charge in [-0.2, -0.15) is 0 Å². The number of para-hydroxylation sites is 1. The Bertz CT molecular complexity index is 419. The number of anilines is 1. The van der Waals surface area contributed by atoms with Crippen molar-refractivity contribution in [1.82, 2.24) is 0 Å². The number of carbonyl (C=O) groups is 1. The monoisotopic (exact) mass is 208 g/mol. The number of hydrogen-bond donors (Lipinski definition) is 2. The second kappa shape index (κ2) is 3.31. The molecule has 0 bridgehead atoms. The summed E-state index contributed by atoms with van der Waals surface area (Å²) in [6, 6.07) is 4.72. The zero-order valence-corrected chi connectivity index (χ0v) is 8.51. The number of nitrogens with two attached hydrogens (primary N) is 1. The van der Waals surface area contributed by atoms with Crippen LogP contribution in [-0.2, 0) is 10.2 Å². The van der Waals surface area contributed by atoms with E-state index in [0.29, 0.717) is 24.2 Å². The summed E-state index contributed by atoms with van der Waals surface area (Å²) >= 11 is 0. The number of rotatable bonds is 2. The first-order valence-electron chi connectivity index (χ1n) is 4.90. The molecule has 0 spiro atoms. The largest absolute Gasteiger partial charge is 0.330 e. The van der Waals surface area contributed by atoms with Gasteiger partial charge in [0.25, 0.3) is 0 Å². The Balaban J connectivity index is 2.55. The van der Waals surface area contributed by atoms with Gasteiger partial charge in [-0.05, 0) is 31.5 Å². The molecule has 1 unspecified atom stereocenters. The summed E-state index contributed by atoms with van der Waals surface area (Å²) in [5, 5.41) is 2.57. The fourth-order valence-electron chi connectivity index (χ4n) is 2.02. The summed E-state index contributed by atoms with van der Waals surface area (Å²) < 4.78 is 13.4. The van der Waals surface area contributed by atoms with E-state index in [0.717, 1.165) is 0 Å². The van der Waals surface area contributed by atoms with Crippen molar-refractivity contribution in [3.63, 3.8) is 0 Å². The molecule has 4 heteroatoms. The van der Waals surface area contributed by atoms with Crippen LogP contribution in [0.1, 0.15) is 18.9 Å². The molecule has 0 aromatic heterocycles. The molecule has 0 fully saturated rings. The van der Waals surface area contributed by atoms with Crippen molar-refractivity contribution in [2.24, 2.45) is 5.73 Å². The predicted molar refractivity (Wildman–Crippen MR) is 56.1 cm³/mol. The van der Waals surface area contributed by atoms with Crippen LogP contribution in [0.4, 0.5) is 10.1 Å². The van der Waals surface area contributed by atoms with Crippen LogP contribution in [0.15, 0.2) is 18.2 Å². The summed E-state index contributed by atoms with van der Waals surface area (Å²) in [6.07, 6.45) is 0.523. The van der Waals surface area contributed by atoms with Crippen molar-refractivity contribution in [3.8, 4) is 0 Å². The zero-order chi connectivity index (χ0) is 11.1. The number of fused-ring (bicyclic) bond motifs is 1. The van der Waals surface area contributed by atoms with Crippen LogP contribution in [0.5, 0.6) is 0 Å². The van der Waals surface area contributed by atoms with Gasteiger partial charge in [-0.25, -0.2) is 4.39 Å². The van der Waals surface area contributed by atoms with E-state index >= 15 is 0 Å². The first kappa shape index (κ1) is 10.1. The Labute approximate surface area is 87.5 Å². The highest BCUT2D eigenvalue weighted by Gasteiger charge is 2.42. The molecule has 3 nitrogen and oxygen atoms in total. The van der Waals surface area contributed by atoms with E-state index in [1.54, 1.807) is 19.1 Å². The lowest BCUT2D eigenvalue weighted by Gasteiger charge is -2.20. The number of nitrogens with one attached hydrogen (secondary N) is 1. The molecule has 1 aliphatic rings. The van der Waals surface area contributed by atoms with E-state index in [1.807, 2.05) is 0 Å². The molecule has 1 aromatic carbocycles. The van der Waals surface area contributed by atoms with Crippen LogP contribution in [0, 0.1) is 5.82 Å². The van der Waals surface area contributed by atoms with E-state index in [4.69, 9.17) is 5.73 Å². The molecule has 0 aliphatic carbocycles. The third-order valence-electron chi connectivity index (χ3n) is 2.99. The number of carbonyl (C=O) groups excluding carboxylic acids is 1. The average Bonchev–Trinajstić information content (AvgIpc) is 2.44. The van der Waals surface area contributed by atoms with Gasteiger partial charge in [0.1, 0.15) is 5.82 Å². The summed E-state index contributed by atoms with van der Waals surface area (Å²) in [5.41, 5.74) is 5.80. The quantitative estimate of drug-likeness (QED) is 0.771. The molecule has 0 radical (unpaired) electrons. The normalized spacial score (nSPS) is 23.8. The topological polar surface area (TPSA) is 55.1 Å². The standard InChI is InChI=1S/C11H13FN2O/c1-11(5-6-13)7-3-2-4-8(12)9(7)14-10(11)15/h2-4H,5-6,13H2,1H3,(H,14,15). The van der Waals surface area contributed by atoms with Crippen molar-refractivity contribution < 1.29 is 9.18 Å². The predicted octanol–water partition coefficient (Wildman–Crippen LogP) is 1.38. The first-order valence-corrected chi connectivity index (χ1v) is 4.90. The number of halogens is 1. The Morgan fingerprint density at radius 2 is 2.27 bits per heavy atom. The van der Waals surface area contributed by atoms with E-state index in [2.05, 4.69) is 5.32 Å². The van der Waals surface area contributed by atoms with E-state index < -0.39 is 5.41 Å².